The normalized spacial score (nSPS) is 36.1. The molecular weight excluding hydrogens is 348 g/mol. The van der Waals surface area contributed by atoms with Gasteiger partial charge in [0, 0.05) is 28.3 Å². The highest BCUT2D eigenvalue weighted by Crippen LogP contribution is 2.60. The van der Waals surface area contributed by atoms with Gasteiger partial charge in [-0.1, -0.05) is 0 Å². The largest absolute Gasteiger partial charge is 0.495 e. The molecule has 4 nitrogen and oxygen atoms in total. The van der Waals surface area contributed by atoms with Gasteiger partial charge in [-0.25, -0.2) is 0 Å². The number of nitrogen functional groups attached to an aromatic ring is 1. The molecule has 0 atom stereocenters. The Morgan fingerprint density at radius 2 is 1.75 bits per heavy atom. The fourth-order valence-electron chi connectivity index (χ4n) is 6.98. The first-order valence-electron chi connectivity index (χ1n) is 10.8. The lowest BCUT2D eigenvalue weighted by molar-refractivity contribution is -0.138. The number of rotatable bonds is 3. The van der Waals surface area contributed by atoms with Gasteiger partial charge in [0.25, 0.3) is 0 Å². The SMILES string of the molecule is COc1cc2c(cc1N)/C(=C\C(=O)C13CC4CC(CC(C4)C1)C3)NC(C)(C)C2. The van der Waals surface area contributed by atoms with Crippen molar-refractivity contribution in [2.45, 2.75) is 64.3 Å². The number of carbonyl (C=O) groups is 1. The predicted octanol–water partition coefficient (Wildman–Crippen LogP) is 4.33. The average Bonchev–Trinajstić information content (AvgIpc) is 2.60. The molecule has 0 amide bonds. The molecule has 3 N–H and O–H groups in total. The van der Waals surface area contributed by atoms with Gasteiger partial charge in [0.2, 0.25) is 0 Å². The fourth-order valence-corrected chi connectivity index (χ4v) is 6.98. The van der Waals surface area contributed by atoms with Gasteiger partial charge < -0.3 is 15.8 Å². The van der Waals surface area contributed by atoms with Crippen molar-refractivity contribution in [2.75, 3.05) is 12.8 Å². The van der Waals surface area contributed by atoms with E-state index in [-0.39, 0.29) is 11.0 Å². The monoisotopic (exact) mass is 380 g/mol. The molecule has 0 radical (unpaired) electrons. The van der Waals surface area contributed by atoms with Crippen LogP contribution in [-0.2, 0) is 11.2 Å². The van der Waals surface area contributed by atoms with E-state index >= 15 is 0 Å². The topological polar surface area (TPSA) is 64.3 Å². The van der Waals surface area contributed by atoms with Crippen LogP contribution in [0.2, 0.25) is 0 Å². The zero-order chi connectivity index (χ0) is 19.7. The standard InChI is InChI=1S/C24H32N2O2/c1-23(2)13-17-7-21(28-3)19(25)8-18(17)20(26-23)9-22(27)24-10-14-4-15(11-24)6-16(5-14)12-24/h7-9,14-16,26H,4-6,10-13,25H2,1-3H3/b20-9+. The molecule has 0 aromatic heterocycles. The second kappa shape index (κ2) is 6.01. The van der Waals surface area contributed by atoms with Crippen molar-refractivity contribution in [1.82, 2.24) is 5.32 Å². The summed E-state index contributed by atoms with van der Waals surface area (Å²) in [5.74, 6) is 3.37. The molecule has 4 fully saturated rings. The molecule has 4 saturated carbocycles. The molecule has 1 heterocycles. The quantitative estimate of drug-likeness (QED) is 0.605. The van der Waals surface area contributed by atoms with Gasteiger partial charge in [0.1, 0.15) is 5.75 Å². The number of carbonyl (C=O) groups excluding carboxylic acids is 1. The van der Waals surface area contributed by atoms with Crippen molar-refractivity contribution in [3.8, 4) is 5.75 Å². The van der Waals surface area contributed by atoms with E-state index in [1.165, 1.54) is 24.8 Å². The highest BCUT2D eigenvalue weighted by Gasteiger charge is 2.54. The first-order chi connectivity index (χ1) is 13.3. The van der Waals surface area contributed by atoms with E-state index in [1.807, 2.05) is 18.2 Å². The first-order valence-corrected chi connectivity index (χ1v) is 10.8. The van der Waals surface area contributed by atoms with Crippen LogP contribution in [0.4, 0.5) is 5.69 Å². The van der Waals surface area contributed by atoms with Crippen molar-refractivity contribution in [1.29, 1.82) is 0 Å². The number of anilines is 1. The minimum absolute atomic E-state index is 0.108. The number of hydrogen-bond acceptors (Lipinski definition) is 4. The van der Waals surface area contributed by atoms with Crippen LogP contribution in [0.5, 0.6) is 5.75 Å². The number of hydrogen-bond donors (Lipinski definition) is 2. The molecule has 1 aliphatic heterocycles. The summed E-state index contributed by atoms with van der Waals surface area (Å²) in [5.41, 5.74) is 9.78. The van der Waals surface area contributed by atoms with Crippen molar-refractivity contribution in [2.24, 2.45) is 23.2 Å². The van der Waals surface area contributed by atoms with E-state index in [1.54, 1.807) is 7.11 Å². The molecule has 4 aliphatic carbocycles. The van der Waals surface area contributed by atoms with Gasteiger partial charge >= 0.3 is 0 Å². The Bertz CT molecular complexity index is 832. The van der Waals surface area contributed by atoms with E-state index in [0.717, 1.165) is 54.7 Å². The van der Waals surface area contributed by atoms with Gasteiger partial charge in [0.05, 0.1) is 12.8 Å². The Labute approximate surface area is 167 Å². The average molecular weight is 381 g/mol. The zero-order valence-electron chi connectivity index (χ0n) is 17.3. The smallest absolute Gasteiger partial charge is 0.163 e. The first kappa shape index (κ1) is 18.1. The highest BCUT2D eigenvalue weighted by atomic mass is 16.5. The molecule has 28 heavy (non-hydrogen) atoms. The maximum atomic E-state index is 13.6. The summed E-state index contributed by atoms with van der Waals surface area (Å²) in [6, 6.07) is 4.01. The van der Waals surface area contributed by atoms with Crippen LogP contribution in [0.25, 0.3) is 5.70 Å². The Morgan fingerprint density at radius 3 is 2.32 bits per heavy atom. The van der Waals surface area contributed by atoms with Crippen LogP contribution >= 0.6 is 0 Å². The van der Waals surface area contributed by atoms with Crippen LogP contribution < -0.4 is 15.8 Å². The van der Waals surface area contributed by atoms with Crippen LogP contribution in [0.15, 0.2) is 18.2 Å². The van der Waals surface area contributed by atoms with Gasteiger partial charge in [-0.05, 0) is 94.2 Å². The molecule has 0 saturated heterocycles. The number of nitrogens with two attached hydrogens (primary N) is 1. The molecule has 0 spiro atoms. The molecule has 5 aliphatic rings. The number of fused-ring (bicyclic) bond motifs is 1. The van der Waals surface area contributed by atoms with E-state index in [4.69, 9.17) is 10.5 Å². The third-order valence-corrected chi connectivity index (χ3v) is 7.69. The summed E-state index contributed by atoms with van der Waals surface area (Å²) < 4.78 is 5.43. The van der Waals surface area contributed by atoms with E-state index in [9.17, 15) is 4.79 Å². The summed E-state index contributed by atoms with van der Waals surface area (Å²) in [4.78, 5) is 13.6. The summed E-state index contributed by atoms with van der Waals surface area (Å²) in [6.07, 6.45) is 10.2. The van der Waals surface area contributed by atoms with Crippen LogP contribution in [0, 0.1) is 23.2 Å². The maximum Gasteiger partial charge on any atom is 0.163 e. The Morgan fingerprint density at radius 1 is 1.14 bits per heavy atom. The third-order valence-electron chi connectivity index (χ3n) is 7.69. The molecule has 4 bridgehead atoms. The van der Waals surface area contributed by atoms with Crippen molar-refractivity contribution < 1.29 is 9.53 Å². The molecule has 6 rings (SSSR count). The van der Waals surface area contributed by atoms with Gasteiger partial charge in [-0.3, -0.25) is 4.79 Å². The molecule has 4 heteroatoms. The lowest BCUT2D eigenvalue weighted by Crippen LogP contribution is -2.50. The summed E-state index contributed by atoms with van der Waals surface area (Å²) in [6.45, 7) is 4.36. The Balaban J connectivity index is 1.53. The fraction of sp³-hybridized carbons (Fsp3) is 0.625. The van der Waals surface area contributed by atoms with E-state index in [2.05, 4.69) is 19.2 Å². The van der Waals surface area contributed by atoms with Crippen LogP contribution in [-0.4, -0.2) is 18.4 Å². The summed E-state index contributed by atoms with van der Waals surface area (Å²) in [7, 11) is 1.65. The third kappa shape index (κ3) is 2.84. The molecule has 1 aromatic carbocycles. The summed E-state index contributed by atoms with van der Waals surface area (Å²) in [5, 5.41) is 3.62. The number of methoxy groups -OCH3 is 1. The van der Waals surface area contributed by atoms with Crippen LogP contribution in [0.1, 0.15) is 63.5 Å². The zero-order valence-corrected chi connectivity index (χ0v) is 17.3. The Hall–Kier alpha value is -1.97. The molecular formula is C24H32N2O2. The molecule has 1 aromatic rings. The van der Waals surface area contributed by atoms with Gasteiger partial charge in [-0.15, -0.1) is 0 Å². The number of nitrogens with one attached hydrogen (secondary N) is 1. The second-order valence-electron chi connectivity index (χ2n) is 10.6. The number of ketones is 1. The minimum Gasteiger partial charge on any atom is -0.495 e. The summed E-state index contributed by atoms with van der Waals surface area (Å²) >= 11 is 0. The molecule has 150 valence electrons. The number of allylic oxidation sites excluding steroid dienone is 1. The van der Waals surface area contributed by atoms with Crippen molar-refractivity contribution >= 4 is 17.2 Å². The van der Waals surface area contributed by atoms with Gasteiger partial charge in [-0.2, -0.15) is 0 Å². The van der Waals surface area contributed by atoms with Crippen molar-refractivity contribution in [3.63, 3.8) is 0 Å². The lowest BCUT2D eigenvalue weighted by Gasteiger charge is -2.55. The van der Waals surface area contributed by atoms with Crippen LogP contribution in [0.3, 0.4) is 0 Å². The van der Waals surface area contributed by atoms with E-state index in [0.29, 0.717) is 17.2 Å². The number of ether oxygens (including phenoxy) is 1. The second-order valence-corrected chi connectivity index (χ2v) is 10.6. The lowest BCUT2D eigenvalue weighted by atomic mass is 9.48. The maximum absolute atomic E-state index is 13.6. The highest BCUT2D eigenvalue weighted by molar-refractivity contribution is 6.01. The minimum atomic E-state index is -0.109. The number of benzene rings is 1. The van der Waals surface area contributed by atoms with E-state index < -0.39 is 0 Å². The van der Waals surface area contributed by atoms with Gasteiger partial charge in [0.15, 0.2) is 5.78 Å². The predicted molar refractivity (Wildman–Crippen MR) is 112 cm³/mol. The van der Waals surface area contributed by atoms with Crippen molar-refractivity contribution in [3.05, 3.63) is 29.3 Å². The molecule has 0 unspecified atom stereocenters. The Kier molecular flexibility index (Phi) is 3.88.